The third-order valence-corrected chi connectivity index (χ3v) is 3.22. The first-order valence-corrected chi connectivity index (χ1v) is 5.12. The predicted molar refractivity (Wildman–Crippen MR) is 49.3 cm³/mol. The number of nitrogens with one attached hydrogen (secondary N) is 1. The smallest absolute Gasteiger partial charge is 0.322 e. The predicted octanol–water partition coefficient (Wildman–Crippen LogP) is 0.938. The summed E-state index contributed by atoms with van der Waals surface area (Å²) in [6.45, 7) is 0.973. The molecule has 1 saturated heterocycles. The van der Waals surface area contributed by atoms with Gasteiger partial charge in [0.2, 0.25) is 0 Å². The second kappa shape index (κ2) is 3.66. The molecule has 1 heterocycles. The zero-order valence-electron chi connectivity index (χ0n) is 8.08. The number of methoxy groups -OCH3 is 1. The molecule has 1 aliphatic carbocycles. The van der Waals surface area contributed by atoms with Crippen molar-refractivity contribution in [3.8, 4) is 0 Å². The molecule has 2 fully saturated rings. The number of esters is 1. The van der Waals surface area contributed by atoms with E-state index < -0.39 is 0 Å². The zero-order chi connectivity index (χ0) is 9.26. The van der Waals surface area contributed by atoms with E-state index in [2.05, 4.69) is 5.32 Å². The SMILES string of the molecule is COC(=O)C1CC(C2CC2)CCN1. The summed E-state index contributed by atoms with van der Waals surface area (Å²) in [6, 6.07) is -0.0376. The van der Waals surface area contributed by atoms with Crippen LogP contribution in [0.4, 0.5) is 0 Å². The molecule has 0 amide bonds. The van der Waals surface area contributed by atoms with Crippen LogP contribution < -0.4 is 5.32 Å². The van der Waals surface area contributed by atoms with Crippen molar-refractivity contribution in [2.24, 2.45) is 11.8 Å². The van der Waals surface area contributed by atoms with Crippen LogP contribution >= 0.6 is 0 Å². The first-order valence-electron chi connectivity index (χ1n) is 5.12. The molecule has 3 nitrogen and oxygen atoms in total. The number of ether oxygens (including phenoxy) is 1. The normalized spacial score (nSPS) is 34.2. The molecular weight excluding hydrogens is 166 g/mol. The third-order valence-electron chi connectivity index (χ3n) is 3.22. The van der Waals surface area contributed by atoms with Gasteiger partial charge in [-0.25, -0.2) is 0 Å². The second-order valence-electron chi connectivity index (χ2n) is 4.15. The van der Waals surface area contributed by atoms with E-state index in [0.29, 0.717) is 0 Å². The summed E-state index contributed by atoms with van der Waals surface area (Å²) >= 11 is 0. The Balaban J connectivity index is 1.87. The van der Waals surface area contributed by atoms with Gasteiger partial charge >= 0.3 is 5.97 Å². The molecule has 0 aromatic carbocycles. The topological polar surface area (TPSA) is 38.3 Å². The van der Waals surface area contributed by atoms with Crippen LogP contribution in [0.1, 0.15) is 25.7 Å². The summed E-state index contributed by atoms with van der Waals surface area (Å²) in [5.41, 5.74) is 0. The van der Waals surface area contributed by atoms with Crippen molar-refractivity contribution in [1.82, 2.24) is 5.32 Å². The maximum atomic E-state index is 11.3. The number of piperidine rings is 1. The van der Waals surface area contributed by atoms with Gasteiger partial charge in [0, 0.05) is 0 Å². The molecule has 2 unspecified atom stereocenters. The zero-order valence-corrected chi connectivity index (χ0v) is 8.08. The number of rotatable bonds is 2. The highest BCUT2D eigenvalue weighted by Crippen LogP contribution is 2.41. The second-order valence-corrected chi connectivity index (χ2v) is 4.15. The monoisotopic (exact) mass is 183 g/mol. The molecule has 0 aromatic heterocycles. The molecule has 2 aliphatic rings. The van der Waals surface area contributed by atoms with Crippen LogP contribution in [-0.2, 0) is 9.53 Å². The van der Waals surface area contributed by atoms with Gasteiger partial charge in [-0.05, 0) is 44.1 Å². The largest absolute Gasteiger partial charge is 0.468 e. The summed E-state index contributed by atoms with van der Waals surface area (Å²) in [6.07, 6.45) is 4.96. The first-order chi connectivity index (χ1) is 6.31. The average Bonchev–Trinajstić information content (AvgIpc) is 3.00. The lowest BCUT2D eigenvalue weighted by atomic mass is 9.88. The maximum Gasteiger partial charge on any atom is 0.322 e. The number of carbonyl (C=O) groups excluding carboxylic acids is 1. The minimum Gasteiger partial charge on any atom is -0.468 e. The van der Waals surface area contributed by atoms with Gasteiger partial charge in [-0.1, -0.05) is 0 Å². The fraction of sp³-hybridized carbons (Fsp3) is 0.900. The van der Waals surface area contributed by atoms with Crippen LogP contribution in [0.15, 0.2) is 0 Å². The van der Waals surface area contributed by atoms with E-state index in [1.165, 1.54) is 26.4 Å². The summed E-state index contributed by atoms with van der Waals surface area (Å²) in [5, 5.41) is 3.21. The van der Waals surface area contributed by atoms with Crippen LogP contribution in [0.2, 0.25) is 0 Å². The van der Waals surface area contributed by atoms with Gasteiger partial charge in [0.15, 0.2) is 0 Å². The molecule has 2 atom stereocenters. The molecule has 0 aromatic rings. The van der Waals surface area contributed by atoms with Crippen molar-refractivity contribution in [2.45, 2.75) is 31.7 Å². The summed E-state index contributed by atoms with van der Waals surface area (Å²) in [4.78, 5) is 11.3. The van der Waals surface area contributed by atoms with Crippen molar-refractivity contribution >= 4 is 5.97 Å². The molecule has 1 N–H and O–H groups in total. The molecule has 0 bridgehead atoms. The highest BCUT2D eigenvalue weighted by atomic mass is 16.5. The van der Waals surface area contributed by atoms with Crippen LogP contribution in [0.25, 0.3) is 0 Å². The van der Waals surface area contributed by atoms with Crippen LogP contribution in [-0.4, -0.2) is 25.7 Å². The van der Waals surface area contributed by atoms with Crippen molar-refractivity contribution in [3.05, 3.63) is 0 Å². The lowest BCUT2D eigenvalue weighted by Crippen LogP contribution is -2.44. The molecule has 3 heteroatoms. The Labute approximate surface area is 78.8 Å². The Morgan fingerprint density at radius 1 is 1.31 bits per heavy atom. The van der Waals surface area contributed by atoms with Crippen molar-refractivity contribution < 1.29 is 9.53 Å². The van der Waals surface area contributed by atoms with E-state index in [-0.39, 0.29) is 12.0 Å². The Bertz CT molecular complexity index is 201. The number of carbonyl (C=O) groups is 1. The summed E-state index contributed by atoms with van der Waals surface area (Å²) in [7, 11) is 1.46. The fourth-order valence-corrected chi connectivity index (χ4v) is 2.26. The highest BCUT2D eigenvalue weighted by Gasteiger charge is 2.36. The van der Waals surface area contributed by atoms with Crippen LogP contribution in [0.5, 0.6) is 0 Å². The van der Waals surface area contributed by atoms with Gasteiger partial charge in [-0.15, -0.1) is 0 Å². The first kappa shape index (κ1) is 9.00. The maximum absolute atomic E-state index is 11.3. The van der Waals surface area contributed by atoms with E-state index in [1.807, 2.05) is 0 Å². The van der Waals surface area contributed by atoms with E-state index in [9.17, 15) is 4.79 Å². The van der Waals surface area contributed by atoms with Gasteiger partial charge < -0.3 is 10.1 Å². The highest BCUT2D eigenvalue weighted by molar-refractivity contribution is 5.75. The van der Waals surface area contributed by atoms with E-state index in [4.69, 9.17) is 4.74 Å². The molecule has 1 aliphatic heterocycles. The van der Waals surface area contributed by atoms with Gasteiger partial charge in [-0.2, -0.15) is 0 Å². The minimum absolute atomic E-state index is 0.0376. The molecule has 74 valence electrons. The van der Waals surface area contributed by atoms with Gasteiger partial charge in [0.25, 0.3) is 0 Å². The van der Waals surface area contributed by atoms with Crippen molar-refractivity contribution in [1.29, 1.82) is 0 Å². The lowest BCUT2D eigenvalue weighted by molar-refractivity contribution is -0.144. The Morgan fingerprint density at radius 3 is 2.69 bits per heavy atom. The fourth-order valence-electron chi connectivity index (χ4n) is 2.26. The van der Waals surface area contributed by atoms with E-state index in [0.717, 1.165) is 24.8 Å². The lowest BCUT2D eigenvalue weighted by Gasteiger charge is -2.28. The Kier molecular flexibility index (Phi) is 2.54. The van der Waals surface area contributed by atoms with Gasteiger partial charge in [0.1, 0.15) is 6.04 Å². The van der Waals surface area contributed by atoms with Crippen LogP contribution in [0, 0.1) is 11.8 Å². The van der Waals surface area contributed by atoms with Crippen molar-refractivity contribution in [2.75, 3.05) is 13.7 Å². The molecule has 0 spiro atoms. The van der Waals surface area contributed by atoms with Gasteiger partial charge in [-0.3, -0.25) is 4.79 Å². The third kappa shape index (κ3) is 2.02. The number of hydrogen-bond donors (Lipinski definition) is 1. The Hall–Kier alpha value is -0.570. The molecule has 2 rings (SSSR count). The average molecular weight is 183 g/mol. The van der Waals surface area contributed by atoms with E-state index >= 15 is 0 Å². The van der Waals surface area contributed by atoms with Gasteiger partial charge in [0.05, 0.1) is 7.11 Å². The van der Waals surface area contributed by atoms with E-state index in [1.54, 1.807) is 0 Å². The molecule has 1 saturated carbocycles. The molecule has 13 heavy (non-hydrogen) atoms. The minimum atomic E-state index is -0.0923. The quantitative estimate of drug-likeness (QED) is 0.647. The number of hydrogen-bond acceptors (Lipinski definition) is 3. The molecular formula is C10H17NO2. The standard InChI is InChI=1S/C10H17NO2/c1-13-10(12)9-6-8(4-5-11-9)7-2-3-7/h7-9,11H,2-6H2,1H3. The summed E-state index contributed by atoms with van der Waals surface area (Å²) < 4.78 is 4.74. The Morgan fingerprint density at radius 2 is 2.08 bits per heavy atom. The molecule has 0 radical (unpaired) electrons. The summed E-state index contributed by atoms with van der Waals surface area (Å²) in [5.74, 6) is 1.59. The van der Waals surface area contributed by atoms with Crippen LogP contribution in [0.3, 0.4) is 0 Å². The van der Waals surface area contributed by atoms with Crippen molar-refractivity contribution in [3.63, 3.8) is 0 Å².